The van der Waals surface area contributed by atoms with Crippen LogP contribution in [0.1, 0.15) is 16.1 Å². The molecule has 0 saturated carbocycles. The van der Waals surface area contributed by atoms with Crippen LogP contribution in [-0.4, -0.2) is 10.9 Å². The maximum absolute atomic E-state index is 13.6. The molecule has 1 aromatic heterocycles. The van der Waals surface area contributed by atoms with Crippen LogP contribution in [0, 0.1) is 24.4 Å². The van der Waals surface area contributed by atoms with Gasteiger partial charge in [-0.2, -0.15) is 0 Å². The van der Waals surface area contributed by atoms with Gasteiger partial charge in [0.1, 0.15) is 5.69 Å². The quantitative estimate of drug-likeness (QED) is 0.659. The van der Waals surface area contributed by atoms with E-state index < -0.39 is 29.0 Å². The number of aryl methyl sites for hydroxylation is 1. The Balaban J connectivity index is 1.71. The van der Waals surface area contributed by atoms with Gasteiger partial charge in [0.15, 0.2) is 17.5 Å². The molecule has 0 unspecified atom stereocenters. The van der Waals surface area contributed by atoms with Gasteiger partial charge in [0.2, 0.25) is 0 Å². The molecule has 0 atom stereocenters. The number of anilines is 3. The van der Waals surface area contributed by atoms with Gasteiger partial charge in [-0.3, -0.25) is 4.79 Å². The summed E-state index contributed by atoms with van der Waals surface area (Å²) < 4.78 is 39.7. The van der Waals surface area contributed by atoms with Crippen LogP contribution in [0.5, 0.6) is 0 Å². The minimum Gasteiger partial charge on any atom is -0.354 e. The molecule has 4 nitrogen and oxygen atoms in total. The summed E-state index contributed by atoms with van der Waals surface area (Å²) in [6.45, 7) is 1.98. The van der Waals surface area contributed by atoms with E-state index in [-0.39, 0.29) is 5.69 Å². The van der Waals surface area contributed by atoms with Gasteiger partial charge in [0, 0.05) is 5.69 Å². The highest BCUT2D eigenvalue weighted by atomic mass is 19.2. The molecule has 3 rings (SSSR count). The summed E-state index contributed by atoms with van der Waals surface area (Å²) in [4.78, 5) is 16.1. The Kier molecular flexibility index (Phi) is 4.88. The first-order valence-corrected chi connectivity index (χ1v) is 7.68. The van der Waals surface area contributed by atoms with Crippen LogP contribution in [-0.2, 0) is 0 Å². The number of carbonyl (C=O) groups excluding carboxylic acids is 1. The zero-order valence-electron chi connectivity index (χ0n) is 13.7. The van der Waals surface area contributed by atoms with Crippen molar-refractivity contribution in [1.82, 2.24) is 4.98 Å². The minimum atomic E-state index is -1.64. The van der Waals surface area contributed by atoms with E-state index in [4.69, 9.17) is 0 Å². The summed E-state index contributed by atoms with van der Waals surface area (Å²) in [6.07, 6.45) is 1.44. The average molecular weight is 357 g/mol. The second-order valence-corrected chi connectivity index (χ2v) is 5.60. The molecule has 0 aliphatic carbocycles. The third-order valence-electron chi connectivity index (χ3n) is 3.62. The number of carbonyl (C=O) groups is 1. The number of nitrogens with zero attached hydrogens (tertiary/aromatic N) is 1. The molecule has 132 valence electrons. The lowest BCUT2D eigenvalue weighted by Gasteiger charge is -2.09. The van der Waals surface area contributed by atoms with Gasteiger partial charge in [-0.05, 0) is 43.3 Å². The van der Waals surface area contributed by atoms with Gasteiger partial charge >= 0.3 is 0 Å². The number of aromatic nitrogens is 1. The van der Waals surface area contributed by atoms with Crippen LogP contribution in [0.15, 0.2) is 54.7 Å². The number of benzene rings is 2. The van der Waals surface area contributed by atoms with Crippen LogP contribution < -0.4 is 10.6 Å². The van der Waals surface area contributed by atoms with Crippen LogP contribution in [0.3, 0.4) is 0 Å². The number of amides is 1. The lowest BCUT2D eigenvalue weighted by Crippen LogP contribution is -2.15. The van der Waals surface area contributed by atoms with Crippen molar-refractivity contribution in [2.75, 3.05) is 10.6 Å². The Morgan fingerprint density at radius 1 is 0.885 bits per heavy atom. The second-order valence-electron chi connectivity index (χ2n) is 5.60. The summed E-state index contributed by atoms with van der Waals surface area (Å²) in [7, 11) is 0. The normalized spacial score (nSPS) is 10.5. The van der Waals surface area contributed by atoms with Crippen molar-refractivity contribution >= 4 is 23.0 Å². The Labute approximate surface area is 147 Å². The first-order chi connectivity index (χ1) is 12.4. The molecule has 7 heteroatoms. The molecule has 0 radical (unpaired) electrons. The highest BCUT2D eigenvalue weighted by Crippen LogP contribution is 2.21. The van der Waals surface area contributed by atoms with Crippen LogP contribution in [0.4, 0.5) is 30.2 Å². The largest absolute Gasteiger partial charge is 0.354 e. The molecular formula is C19H14F3N3O. The molecule has 2 aromatic carbocycles. The SMILES string of the molecule is Cc1ccc(Nc2ccc(C(=O)Nc3ccc(F)c(F)c3F)nc2)cc1. The number of hydrogen-bond donors (Lipinski definition) is 2. The van der Waals surface area contributed by atoms with E-state index >= 15 is 0 Å². The summed E-state index contributed by atoms with van der Waals surface area (Å²) >= 11 is 0. The molecule has 2 N–H and O–H groups in total. The molecule has 26 heavy (non-hydrogen) atoms. The Hall–Kier alpha value is -3.35. The van der Waals surface area contributed by atoms with Gasteiger partial charge in [-0.15, -0.1) is 0 Å². The molecule has 0 saturated heterocycles. The molecule has 0 aliphatic heterocycles. The van der Waals surface area contributed by atoms with E-state index in [1.807, 2.05) is 31.2 Å². The summed E-state index contributed by atoms with van der Waals surface area (Å²) in [6, 6.07) is 12.5. The topological polar surface area (TPSA) is 54.0 Å². The smallest absolute Gasteiger partial charge is 0.274 e. The van der Waals surface area contributed by atoms with Crippen molar-refractivity contribution < 1.29 is 18.0 Å². The molecule has 1 amide bonds. The Morgan fingerprint density at radius 2 is 1.58 bits per heavy atom. The molecule has 0 spiro atoms. The fraction of sp³-hybridized carbons (Fsp3) is 0.0526. The third kappa shape index (κ3) is 3.83. The summed E-state index contributed by atoms with van der Waals surface area (Å²) in [5.41, 5.74) is 2.19. The van der Waals surface area contributed by atoms with Gasteiger partial charge < -0.3 is 10.6 Å². The van der Waals surface area contributed by atoms with Crippen molar-refractivity contribution in [2.24, 2.45) is 0 Å². The monoisotopic (exact) mass is 357 g/mol. The average Bonchev–Trinajstić information content (AvgIpc) is 2.64. The molecule has 0 fully saturated rings. The predicted octanol–water partition coefficient (Wildman–Crippen LogP) is 4.80. The van der Waals surface area contributed by atoms with Crippen LogP contribution in [0.2, 0.25) is 0 Å². The zero-order valence-corrected chi connectivity index (χ0v) is 13.7. The van der Waals surface area contributed by atoms with Gasteiger partial charge in [-0.25, -0.2) is 18.2 Å². The fourth-order valence-electron chi connectivity index (χ4n) is 2.21. The maximum Gasteiger partial charge on any atom is 0.274 e. The van der Waals surface area contributed by atoms with Crippen molar-refractivity contribution in [3.05, 3.63) is 83.4 Å². The lowest BCUT2D eigenvalue weighted by atomic mass is 10.2. The van der Waals surface area contributed by atoms with E-state index in [0.717, 1.165) is 23.4 Å². The maximum atomic E-state index is 13.6. The van der Waals surface area contributed by atoms with E-state index in [0.29, 0.717) is 5.69 Å². The third-order valence-corrected chi connectivity index (χ3v) is 3.62. The van der Waals surface area contributed by atoms with Crippen molar-refractivity contribution in [3.8, 4) is 0 Å². The number of hydrogen-bond acceptors (Lipinski definition) is 3. The molecule has 3 aromatic rings. The Morgan fingerprint density at radius 3 is 2.23 bits per heavy atom. The molecule has 0 bridgehead atoms. The molecule has 1 heterocycles. The number of pyridine rings is 1. The number of rotatable bonds is 4. The van der Waals surface area contributed by atoms with Crippen molar-refractivity contribution in [2.45, 2.75) is 6.92 Å². The molecular weight excluding hydrogens is 343 g/mol. The standard InChI is InChI=1S/C19H14F3N3O/c1-11-2-4-12(5-3-11)24-13-6-8-16(23-10-13)19(26)25-15-9-7-14(20)17(21)18(15)22/h2-10,24H,1H3,(H,25,26). The van der Waals surface area contributed by atoms with Gasteiger partial charge in [-0.1, -0.05) is 17.7 Å². The first-order valence-electron chi connectivity index (χ1n) is 7.68. The van der Waals surface area contributed by atoms with Crippen LogP contribution in [0.25, 0.3) is 0 Å². The minimum absolute atomic E-state index is 0.00332. The van der Waals surface area contributed by atoms with E-state index in [2.05, 4.69) is 15.6 Å². The predicted molar refractivity (Wildman–Crippen MR) is 93.0 cm³/mol. The van der Waals surface area contributed by atoms with Gasteiger partial charge in [0.25, 0.3) is 5.91 Å². The zero-order chi connectivity index (χ0) is 18.7. The molecule has 0 aliphatic rings. The Bertz CT molecular complexity index is 941. The first kappa shape index (κ1) is 17.5. The fourth-order valence-corrected chi connectivity index (χ4v) is 2.21. The second kappa shape index (κ2) is 7.26. The van der Waals surface area contributed by atoms with Crippen LogP contribution >= 0.6 is 0 Å². The van der Waals surface area contributed by atoms with E-state index in [1.165, 1.54) is 12.3 Å². The highest BCUT2D eigenvalue weighted by molar-refractivity contribution is 6.03. The van der Waals surface area contributed by atoms with E-state index in [9.17, 15) is 18.0 Å². The summed E-state index contributed by atoms with van der Waals surface area (Å²) in [5.74, 6) is -5.17. The van der Waals surface area contributed by atoms with Crippen molar-refractivity contribution in [1.29, 1.82) is 0 Å². The van der Waals surface area contributed by atoms with E-state index in [1.54, 1.807) is 6.07 Å². The number of nitrogens with one attached hydrogen (secondary N) is 2. The van der Waals surface area contributed by atoms with Gasteiger partial charge in [0.05, 0.1) is 17.6 Å². The van der Waals surface area contributed by atoms with Crippen molar-refractivity contribution in [3.63, 3.8) is 0 Å². The lowest BCUT2D eigenvalue weighted by molar-refractivity contribution is 0.102. The summed E-state index contributed by atoms with van der Waals surface area (Å²) in [5, 5.41) is 5.29. The highest BCUT2D eigenvalue weighted by Gasteiger charge is 2.16. The number of halogens is 3.